The maximum Gasteiger partial charge on any atom is 0.261 e. The van der Waals surface area contributed by atoms with Gasteiger partial charge in [0.05, 0.1) is 11.4 Å². The molecule has 6 heteroatoms. The van der Waals surface area contributed by atoms with Crippen molar-refractivity contribution in [3.8, 4) is 0 Å². The minimum atomic E-state index is -0.186. The van der Waals surface area contributed by atoms with E-state index >= 15 is 0 Å². The van der Waals surface area contributed by atoms with Crippen LogP contribution in [0.1, 0.15) is 72.9 Å². The lowest BCUT2D eigenvalue weighted by Gasteiger charge is -2.10. The SMILES string of the molecule is CCCc1sc(C(=O)NCc2noc(C(C)(C)C)n2)cc1CC. The van der Waals surface area contributed by atoms with Gasteiger partial charge in [0.15, 0.2) is 5.82 Å². The van der Waals surface area contributed by atoms with Gasteiger partial charge in [-0.25, -0.2) is 0 Å². The molecule has 2 rings (SSSR count). The number of carbonyl (C=O) groups is 1. The zero-order valence-corrected chi connectivity index (χ0v) is 15.3. The highest BCUT2D eigenvalue weighted by Gasteiger charge is 2.22. The van der Waals surface area contributed by atoms with Gasteiger partial charge < -0.3 is 9.84 Å². The van der Waals surface area contributed by atoms with Crippen LogP contribution in [0.3, 0.4) is 0 Å². The van der Waals surface area contributed by atoms with E-state index < -0.39 is 0 Å². The van der Waals surface area contributed by atoms with Gasteiger partial charge in [0.2, 0.25) is 5.89 Å². The van der Waals surface area contributed by atoms with Gasteiger partial charge in [0.1, 0.15) is 0 Å². The summed E-state index contributed by atoms with van der Waals surface area (Å²) in [6.45, 7) is 10.6. The van der Waals surface area contributed by atoms with Gasteiger partial charge in [0.25, 0.3) is 5.91 Å². The van der Waals surface area contributed by atoms with Crippen molar-refractivity contribution < 1.29 is 9.32 Å². The summed E-state index contributed by atoms with van der Waals surface area (Å²) in [5.41, 5.74) is 1.09. The Kier molecular flexibility index (Phi) is 5.57. The largest absolute Gasteiger partial charge is 0.344 e. The maximum absolute atomic E-state index is 12.3. The third-order valence-corrected chi connectivity index (χ3v) is 4.73. The van der Waals surface area contributed by atoms with Crippen LogP contribution in [0.2, 0.25) is 0 Å². The highest BCUT2D eigenvalue weighted by Crippen LogP contribution is 2.25. The third kappa shape index (κ3) is 4.41. The maximum atomic E-state index is 12.3. The molecule has 5 nitrogen and oxygen atoms in total. The molecular formula is C17H25N3O2S. The average molecular weight is 335 g/mol. The molecule has 0 bridgehead atoms. The summed E-state index contributed by atoms with van der Waals surface area (Å²) in [5.74, 6) is 1.01. The first kappa shape index (κ1) is 17.7. The van der Waals surface area contributed by atoms with E-state index in [9.17, 15) is 4.79 Å². The topological polar surface area (TPSA) is 68.0 Å². The predicted molar refractivity (Wildman–Crippen MR) is 91.9 cm³/mol. The number of thiophene rings is 1. The van der Waals surface area contributed by atoms with Gasteiger partial charge in [-0.15, -0.1) is 11.3 Å². The molecule has 0 unspecified atom stereocenters. The molecule has 2 heterocycles. The number of aryl methyl sites for hydroxylation is 2. The second-order valence-electron chi connectivity index (χ2n) is 6.61. The Balaban J connectivity index is 2.01. The molecule has 0 spiro atoms. The van der Waals surface area contributed by atoms with Crippen LogP contribution in [0.25, 0.3) is 0 Å². The fraction of sp³-hybridized carbons (Fsp3) is 0.588. The second-order valence-corrected chi connectivity index (χ2v) is 7.75. The Labute approximate surface area is 141 Å². The van der Waals surface area contributed by atoms with Crippen molar-refractivity contribution in [2.24, 2.45) is 0 Å². The summed E-state index contributed by atoms with van der Waals surface area (Å²) >= 11 is 1.59. The number of aromatic nitrogens is 2. The molecule has 2 aromatic rings. The van der Waals surface area contributed by atoms with Crippen molar-refractivity contribution in [1.82, 2.24) is 15.5 Å². The highest BCUT2D eigenvalue weighted by atomic mass is 32.1. The van der Waals surface area contributed by atoms with Crippen molar-refractivity contribution >= 4 is 17.2 Å². The van der Waals surface area contributed by atoms with E-state index in [0.29, 0.717) is 11.7 Å². The molecule has 0 aromatic carbocycles. The Morgan fingerprint density at radius 2 is 2.09 bits per heavy atom. The molecule has 0 radical (unpaired) electrons. The van der Waals surface area contributed by atoms with Crippen molar-refractivity contribution in [2.45, 2.75) is 65.8 Å². The van der Waals surface area contributed by atoms with Crippen molar-refractivity contribution in [3.05, 3.63) is 33.1 Å². The van der Waals surface area contributed by atoms with E-state index in [1.165, 1.54) is 10.4 Å². The molecule has 0 fully saturated rings. The number of rotatable bonds is 6. The molecule has 126 valence electrons. The van der Waals surface area contributed by atoms with Crippen LogP contribution in [0, 0.1) is 0 Å². The fourth-order valence-corrected chi connectivity index (χ4v) is 3.47. The number of nitrogens with zero attached hydrogens (tertiary/aromatic N) is 2. The summed E-state index contributed by atoms with van der Waals surface area (Å²) in [6, 6.07) is 2.00. The van der Waals surface area contributed by atoms with E-state index in [1.54, 1.807) is 11.3 Å². The van der Waals surface area contributed by atoms with Gasteiger partial charge in [0, 0.05) is 10.3 Å². The van der Waals surface area contributed by atoms with Gasteiger partial charge in [-0.05, 0) is 24.5 Å². The molecule has 0 saturated carbocycles. The van der Waals surface area contributed by atoms with E-state index in [-0.39, 0.29) is 17.9 Å². The minimum absolute atomic E-state index is 0.0749. The van der Waals surface area contributed by atoms with Crippen molar-refractivity contribution in [3.63, 3.8) is 0 Å². The molecule has 0 aliphatic rings. The van der Waals surface area contributed by atoms with Crippen molar-refractivity contribution in [2.75, 3.05) is 0 Å². The highest BCUT2D eigenvalue weighted by molar-refractivity contribution is 7.14. The summed E-state index contributed by atoms with van der Waals surface area (Å²) in [7, 11) is 0. The fourth-order valence-electron chi connectivity index (χ4n) is 2.19. The molecular weight excluding hydrogens is 310 g/mol. The minimum Gasteiger partial charge on any atom is -0.344 e. The van der Waals surface area contributed by atoms with Gasteiger partial charge >= 0.3 is 0 Å². The van der Waals surface area contributed by atoms with Crippen LogP contribution in [0.15, 0.2) is 10.6 Å². The third-order valence-electron chi connectivity index (χ3n) is 3.50. The Morgan fingerprint density at radius 3 is 2.65 bits per heavy atom. The molecule has 1 amide bonds. The summed E-state index contributed by atoms with van der Waals surface area (Å²) in [4.78, 5) is 18.7. The van der Waals surface area contributed by atoms with Crippen LogP contribution in [-0.2, 0) is 24.8 Å². The lowest BCUT2D eigenvalue weighted by atomic mass is 9.97. The second kappa shape index (κ2) is 7.25. The zero-order chi connectivity index (χ0) is 17.0. The summed E-state index contributed by atoms with van der Waals surface area (Å²) in [6.07, 6.45) is 3.08. The van der Waals surface area contributed by atoms with Crippen LogP contribution in [0.5, 0.6) is 0 Å². The number of hydrogen-bond acceptors (Lipinski definition) is 5. The number of hydrogen-bond donors (Lipinski definition) is 1. The number of amides is 1. The normalized spacial score (nSPS) is 11.7. The van der Waals surface area contributed by atoms with Crippen LogP contribution in [-0.4, -0.2) is 16.0 Å². The van der Waals surface area contributed by atoms with Gasteiger partial charge in [-0.3, -0.25) is 4.79 Å². The average Bonchev–Trinajstić information content (AvgIpc) is 3.11. The number of nitrogens with one attached hydrogen (secondary N) is 1. The first-order chi connectivity index (χ1) is 10.8. The van der Waals surface area contributed by atoms with Crippen molar-refractivity contribution in [1.29, 1.82) is 0 Å². The molecule has 0 aliphatic carbocycles. The molecule has 23 heavy (non-hydrogen) atoms. The Hall–Kier alpha value is -1.69. The molecule has 0 saturated heterocycles. The van der Waals surface area contributed by atoms with Crippen LogP contribution >= 0.6 is 11.3 Å². The number of carbonyl (C=O) groups excluding carboxylic acids is 1. The first-order valence-electron chi connectivity index (χ1n) is 8.08. The molecule has 0 atom stereocenters. The smallest absolute Gasteiger partial charge is 0.261 e. The first-order valence-corrected chi connectivity index (χ1v) is 8.89. The lowest BCUT2D eigenvalue weighted by molar-refractivity contribution is 0.0953. The van der Waals surface area contributed by atoms with E-state index in [2.05, 4.69) is 29.3 Å². The Morgan fingerprint density at radius 1 is 1.35 bits per heavy atom. The lowest BCUT2D eigenvalue weighted by Crippen LogP contribution is -2.22. The molecule has 1 N–H and O–H groups in total. The quantitative estimate of drug-likeness (QED) is 0.870. The summed E-state index contributed by atoms with van der Waals surface area (Å²) < 4.78 is 5.23. The van der Waals surface area contributed by atoms with Gasteiger partial charge in [-0.2, -0.15) is 4.98 Å². The summed E-state index contributed by atoms with van der Waals surface area (Å²) in [5, 5.41) is 6.79. The van der Waals surface area contributed by atoms with Crippen LogP contribution < -0.4 is 5.32 Å². The van der Waals surface area contributed by atoms with Crippen LogP contribution in [0.4, 0.5) is 0 Å². The van der Waals surface area contributed by atoms with Gasteiger partial charge in [-0.1, -0.05) is 46.2 Å². The van der Waals surface area contributed by atoms with E-state index in [4.69, 9.17) is 4.52 Å². The van der Waals surface area contributed by atoms with E-state index in [0.717, 1.165) is 24.1 Å². The molecule has 2 aromatic heterocycles. The zero-order valence-electron chi connectivity index (χ0n) is 14.5. The predicted octanol–water partition coefficient (Wildman–Crippen LogP) is 3.87. The van der Waals surface area contributed by atoms with E-state index in [1.807, 2.05) is 26.8 Å². The monoisotopic (exact) mass is 335 g/mol. The Bertz CT molecular complexity index is 668. The standard InChI is InChI=1S/C17H25N3O2S/c1-6-8-12-11(7-2)9-13(23-12)15(21)18-10-14-19-16(22-20-14)17(3,4)5/h9H,6-8,10H2,1-5H3,(H,18,21). The molecule has 0 aliphatic heterocycles.